The molecule has 1 heterocycles. The Kier molecular flexibility index (Phi) is 9.87. The number of nitrogens with one attached hydrogen (secondary N) is 1. The summed E-state index contributed by atoms with van der Waals surface area (Å²) in [6, 6.07) is 5.19. The van der Waals surface area contributed by atoms with Gasteiger partial charge in [-0.15, -0.1) is 0 Å². The highest BCUT2D eigenvalue weighted by Crippen LogP contribution is 2.26. The van der Waals surface area contributed by atoms with Crippen LogP contribution < -0.4 is 15.8 Å². The topological polar surface area (TPSA) is 119 Å². The Hall–Kier alpha value is -2.74. The zero-order valence-corrected chi connectivity index (χ0v) is 16.6. The maximum absolute atomic E-state index is 11.1. The Labute approximate surface area is 165 Å². The fourth-order valence-electron chi connectivity index (χ4n) is 2.64. The Morgan fingerprint density at radius 2 is 1.86 bits per heavy atom. The van der Waals surface area contributed by atoms with Crippen molar-refractivity contribution in [1.82, 2.24) is 10.2 Å². The summed E-state index contributed by atoms with van der Waals surface area (Å²) in [6.07, 6.45) is 6.10. The molecule has 1 aliphatic heterocycles. The first-order valence-electron chi connectivity index (χ1n) is 9.25. The van der Waals surface area contributed by atoms with Crippen LogP contribution in [0.3, 0.4) is 0 Å². The van der Waals surface area contributed by atoms with E-state index < -0.39 is 6.04 Å². The number of carbonyl (C=O) groups excluding carboxylic acids is 4. The van der Waals surface area contributed by atoms with Gasteiger partial charge in [-0.25, -0.2) is 0 Å². The number of benzene rings is 1. The molecule has 2 fully saturated rings. The second-order valence-corrected chi connectivity index (χ2v) is 6.54. The van der Waals surface area contributed by atoms with E-state index in [1.807, 2.05) is 25.1 Å². The highest BCUT2D eigenvalue weighted by Gasteiger charge is 2.28. The predicted molar refractivity (Wildman–Crippen MR) is 105 cm³/mol. The van der Waals surface area contributed by atoms with E-state index in [4.69, 9.17) is 4.74 Å². The summed E-state index contributed by atoms with van der Waals surface area (Å²) in [5.41, 5.74) is 6.22. The average Bonchev–Trinajstić information content (AvgIpc) is 2.67. The van der Waals surface area contributed by atoms with Gasteiger partial charge in [0, 0.05) is 19.0 Å². The van der Waals surface area contributed by atoms with Gasteiger partial charge in [0.25, 0.3) is 0 Å². The van der Waals surface area contributed by atoms with Gasteiger partial charge < -0.3 is 15.4 Å². The fourth-order valence-corrected chi connectivity index (χ4v) is 2.64. The van der Waals surface area contributed by atoms with Gasteiger partial charge in [0.2, 0.25) is 18.2 Å². The third kappa shape index (κ3) is 6.77. The van der Waals surface area contributed by atoms with Crippen LogP contribution in [-0.4, -0.2) is 55.7 Å². The molecular weight excluding hydrogens is 362 g/mol. The highest BCUT2D eigenvalue weighted by molar-refractivity contribution is 6.00. The molecule has 1 aromatic carbocycles. The third-order valence-electron chi connectivity index (χ3n) is 4.60. The molecule has 1 saturated heterocycles. The summed E-state index contributed by atoms with van der Waals surface area (Å²) in [4.78, 5) is 44.0. The number of ether oxygens (including phenoxy) is 1. The van der Waals surface area contributed by atoms with Crippen molar-refractivity contribution in [1.29, 1.82) is 0 Å². The maximum atomic E-state index is 11.1. The van der Waals surface area contributed by atoms with Gasteiger partial charge >= 0.3 is 0 Å². The molecule has 154 valence electrons. The molecule has 2 aliphatic rings. The number of hydrogen-bond donors (Lipinski definition) is 2. The molecule has 0 spiro atoms. The normalized spacial score (nSPS) is 18.2. The number of nitrogens with zero attached hydrogens (tertiary/aromatic N) is 1. The van der Waals surface area contributed by atoms with Gasteiger partial charge in [-0.05, 0) is 57.4 Å². The summed E-state index contributed by atoms with van der Waals surface area (Å²) in [5, 5.41) is 2.17. The minimum absolute atomic E-state index is 0.268. The maximum Gasteiger partial charge on any atom is 0.249 e. The molecule has 3 N–H and O–H groups in total. The quantitative estimate of drug-likeness (QED) is 0.575. The van der Waals surface area contributed by atoms with Crippen LogP contribution in [-0.2, 0) is 14.4 Å². The minimum Gasteiger partial charge on any atom is -0.490 e. The molecule has 28 heavy (non-hydrogen) atoms. The van der Waals surface area contributed by atoms with Crippen LogP contribution in [0.4, 0.5) is 0 Å². The third-order valence-corrected chi connectivity index (χ3v) is 4.60. The molecule has 1 unspecified atom stereocenters. The first kappa shape index (κ1) is 23.3. The van der Waals surface area contributed by atoms with Gasteiger partial charge in [0.15, 0.2) is 0 Å². The van der Waals surface area contributed by atoms with Gasteiger partial charge in [-0.3, -0.25) is 24.5 Å². The summed E-state index contributed by atoms with van der Waals surface area (Å²) in [6.45, 7) is 1.93. The molecule has 3 rings (SSSR count). The van der Waals surface area contributed by atoms with Gasteiger partial charge in [-0.1, -0.05) is 6.07 Å². The molecule has 1 aromatic rings. The predicted octanol–water partition coefficient (Wildman–Crippen LogP) is 1.19. The second-order valence-electron chi connectivity index (χ2n) is 6.54. The fraction of sp³-hybridized carbons (Fsp3) is 0.500. The molecule has 3 amide bonds. The van der Waals surface area contributed by atoms with Crippen molar-refractivity contribution >= 4 is 24.5 Å². The number of carbonyl (C=O) groups is 4. The lowest BCUT2D eigenvalue weighted by Crippen LogP contribution is -2.50. The number of likely N-dealkylation sites (N-methyl/N-ethyl adjacent to an activating group) is 1. The smallest absolute Gasteiger partial charge is 0.249 e. The first-order valence-corrected chi connectivity index (χ1v) is 9.25. The standard InChI is InChI=1S/C12H14O2.C7H10N2O3.CH5N/c1-9-5-6-12(7-10(9)8-13)14-11-3-2-4-11;1-9(4-10)5-2-3-6(11)8-7(5)12;1-2/h5-8,11H,2-4H2,1H3;4-5H,2-3H2,1H3,(H,8,11,12);2H2,1H3. The number of aldehydes is 1. The summed E-state index contributed by atoms with van der Waals surface area (Å²) in [5.74, 6) is 0.166. The number of aryl methyl sites for hydroxylation is 1. The monoisotopic (exact) mass is 391 g/mol. The van der Waals surface area contributed by atoms with E-state index in [9.17, 15) is 19.2 Å². The van der Waals surface area contributed by atoms with Crippen LogP contribution in [0.5, 0.6) is 5.75 Å². The number of imide groups is 1. The van der Waals surface area contributed by atoms with E-state index in [0.717, 1.165) is 36.0 Å². The molecule has 1 saturated carbocycles. The lowest BCUT2D eigenvalue weighted by atomic mass is 9.96. The van der Waals surface area contributed by atoms with E-state index in [1.54, 1.807) is 0 Å². The molecular formula is C20H29N3O5. The second kappa shape index (κ2) is 11.9. The highest BCUT2D eigenvalue weighted by atomic mass is 16.5. The zero-order chi connectivity index (χ0) is 21.1. The van der Waals surface area contributed by atoms with Crippen molar-refractivity contribution in [2.24, 2.45) is 5.73 Å². The number of rotatable bonds is 5. The van der Waals surface area contributed by atoms with Crippen molar-refractivity contribution in [2.75, 3.05) is 14.1 Å². The Bertz CT molecular complexity index is 688. The van der Waals surface area contributed by atoms with Crippen molar-refractivity contribution < 1.29 is 23.9 Å². The van der Waals surface area contributed by atoms with Crippen molar-refractivity contribution in [2.45, 2.75) is 51.2 Å². The van der Waals surface area contributed by atoms with Gasteiger partial charge in [0.05, 0.1) is 6.10 Å². The van der Waals surface area contributed by atoms with Crippen molar-refractivity contribution in [3.05, 3.63) is 29.3 Å². The molecule has 0 radical (unpaired) electrons. The van der Waals surface area contributed by atoms with Crippen molar-refractivity contribution in [3.8, 4) is 5.75 Å². The van der Waals surface area contributed by atoms with Crippen LogP contribution in [0.25, 0.3) is 0 Å². The van der Waals surface area contributed by atoms with Crippen LogP contribution in [0.2, 0.25) is 0 Å². The molecule has 8 nitrogen and oxygen atoms in total. The Balaban J connectivity index is 0.000000260. The molecule has 1 aliphatic carbocycles. The van der Waals surface area contributed by atoms with Crippen LogP contribution in [0.15, 0.2) is 18.2 Å². The first-order chi connectivity index (χ1) is 13.4. The average molecular weight is 391 g/mol. The number of hydrogen-bond acceptors (Lipinski definition) is 6. The lowest BCUT2D eigenvalue weighted by molar-refractivity contribution is -0.140. The van der Waals surface area contributed by atoms with E-state index in [0.29, 0.717) is 25.4 Å². The number of amides is 3. The minimum atomic E-state index is -0.486. The van der Waals surface area contributed by atoms with E-state index in [1.165, 1.54) is 25.4 Å². The number of piperidine rings is 1. The Morgan fingerprint density at radius 3 is 2.36 bits per heavy atom. The largest absolute Gasteiger partial charge is 0.490 e. The van der Waals surface area contributed by atoms with E-state index in [-0.39, 0.29) is 11.8 Å². The van der Waals surface area contributed by atoms with E-state index >= 15 is 0 Å². The van der Waals surface area contributed by atoms with Crippen LogP contribution in [0, 0.1) is 6.92 Å². The Morgan fingerprint density at radius 1 is 1.18 bits per heavy atom. The van der Waals surface area contributed by atoms with E-state index in [2.05, 4.69) is 11.1 Å². The van der Waals surface area contributed by atoms with Gasteiger partial charge in [0.1, 0.15) is 18.1 Å². The van der Waals surface area contributed by atoms with Crippen LogP contribution >= 0.6 is 0 Å². The van der Waals surface area contributed by atoms with Crippen molar-refractivity contribution in [3.63, 3.8) is 0 Å². The summed E-state index contributed by atoms with van der Waals surface area (Å²) in [7, 11) is 3.02. The lowest BCUT2D eigenvalue weighted by Gasteiger charge is -2.26. The zero-order valence-electron chi connectivity index (χ0n) is 16.6. The summed E-state index contributed by atoms with van der Waals surface area (Å²) >= 11 is 0. The summed E-state index contributed by atoms with van der Waals surface area (Å²) < 4.78 is 5.69. The van der Waals surface area contributed by atoms with Gasteiger partial charge in [-0.2, -0.15) is 0 Å². The molecule has 8 heteroatoms. The van der Waals surface area contributed by atoms with Crippen LogP contribution in [0.1, 0.15) is 48.0 Å². The molecule has 0 aromatic heterocycles. The SMILES string of the molecule is CN.CN(C=O)C1CCC(=O)NC1=O.Cc1ccc(OC2CCC2)cc1C=O. The molecule has 1 atom stereocenters. The number of nitrogens with two attached hydrogens (primary N) is 1. The molecule has 0 bridgehead atoms.